The van der Waals surface area contributed by atoms with Crippen molar-refractivity contribution in [1.29, 1.82) is 0 Å². The van der Waals surface area contributed by atoms with Crippen LogP contribution in [0.4, 0.5) is 5.69 Å². The fourth-order valence-corrected chi connectivity index (χ4v) is 3.34. The van der Waals surface area contributed by atoms with Gasteiger partial charge in [0.2, 0.25) is 5.91 Å². The number of rotatable bonds is 8. The first kappa shape index (κ1) is 21.2. The third-order valence-electron chi connectivity index (χ3n) is 5.12. The van der Waals surface area contributed by atoms with Gasteiger partial charge in [0.15, 0.2) is 11.2 Å². The molecular weight excluding hydrogens is 408 g/mol. The number of carbonyl (C=O) groups is 1. The van der Waals surface area contributed by atoms with E-state index in [9.17, 15) is 9.59 Å². The second kappa shape index (κ2) is 9.42. The van der Waals surface area contributed by atoms with Crippen LogP contribution in [0.25, 0.3) is 16.9 Å². The maximum atomic E-state index is 12.8. The van der Waals surface area contributed by atoms with Gasteiger partial charge in [0, 0.05) is 5.69 Å². The molecule has 4 aromatic rings. The summed E-state index contributed by atoms with van der Waals surface area (Å²) >= 11 is 0. The molecule has 1 N–H and O–H groups in total. The van der Waals surface area contributed by atoms with Crippen molar-refractivity contribution >= 4 is 22.8 Å². The average Bonchev–Trinajstić information content (AvgIpc) is 3.25. The highest BCUT2D eigenvalue weighted by molar-refractivity contribution is 5.90. The minimum atomic E-state index is -0.431. The first-order chi connectivity index (χ1) is 15.6. The number of fused-ring (bicyclic) bond motifs is 1. The van der Waals surface area contributed by atoms with E-state index in [1.807, 2.05) is 24.3 Å². The first-order valence-electron chi connectivity index (χ1n) is 10.4. The van der Waals surface area contributed by atoms with Crippen molar-refractivity contribution in [1.82, 2.24) is 24.5 Å². The van der Waals surface area contributed by atoms with Gasteiger partial charge in [-0.15, -0.1) is 5.10 Å². The molecule has 2 aromatic heterocycles. The summed E-state index contributed by atoms with van der Waals surface area (Å²) in [6.45, 7) is 1.98. The van der Waals surface area contributed by atoms with Crippen molar-refractivity contribution in [3.8, 4) is 11.4 Å². The van der Waals surface area contributed by atoms with Crippen LogP contribution in [-0.4, -0.2) is 37.6 Å². The maximum absolute atomic E-state index is 12.8. The number of methoxy groups -OCH3 is 1. The Labute approximate surface area is 184 Å². The van der Waals surface area contributed by atoms with Gasteiger partial charge in [-0.2, -0.15) is 4.68 Å². The van der Waals surface area contributed by atoms with Gasteiger partial charge in [-0.3, -0.25) is 14.2 Å². The summed E-state index contributed by atoms with van der Waals surface area (Å²) in [6, 6.07) is 14.9. The van der Waals surface area contributed by atoms with Gasteiger partial charge < -0.3 is 10.1 Å². The molecule has 0 radical (unpaired) electrons. The Morgan fingerprint density at radius 2 is 1.84 bits per heavy atom. The van der Waals surface area contributed by atoms with Crippen molar-refractivity contribution in [2.24, 2.45) is 0 Å². The number of carbonyl (C=O) groups excluding carboxylic acids is 1. The van der Waals surface area contributed by atoms with Crippen LogP contribution in [0.5, 0.6) is 5.75 Å². The Morgan fingerprint density at radius 3 is 2.53 bits per heavy atom. The van der Waals surface area contributed by atoms with E-state index in [1.54, 1.807) is 31.4 Å². The zero-order valence-electron chi connectivity index (χ0n) is 18.0. The summed E-state index contributed by atoms with van der Waals surface area (Å²) in [5.41, 5.74) is 2.59. The summed E-state index contributed by atoms with van der Waals surface area (Å²) in [6.07, 6.45) is 4.62. The fraction of sp³-hybridized carbons (Fsp3) is 0.261. The number of hydrogen-bond acceptors (Lipinski definition) is 6. The van der Waals surface area contributed by atoms with Crippen LogP contribution < -0.4 is 15.6 Å². The van der Waals surface area contributed by atoms with Gasteiger partial charge in [0.05, 0.1) is 12.8 Å². The number of anilines is 1. The minimum absolute atomic E-state index is 0.0939. The standard InChI is InChI=1S/C23H24N6O3/c1-3-4-5-16-6-8-17(9-7-16)25-20(30)14-28-15-24-22-21(23(28)31)26-27-29(22)18-10-12-19(32-2)13-11-18/h6-13,15H,3-5,14H2,1-2H3,(H,25,30). The molecule has 0 aliphatic rings. The first-order valence-corrected chi connectivity index (χ1v) is 10.4. The van der Waals surface area contributed by atoms with E-state index in [0.717, 1.165) is 19.3 Å². The normalized spacial score (nSPS) is 10.9. The van der Waals surface area contributed by atoms with E-state index < -0.39 is 5.56 Å². The van der Waals surface area contributed by atoms with E-state index in [0.29, 0.717) is 22.8 Å². The summed E-state index contributed by atoms with van der Waals surface area (Å²) in [5, 5.41) is 10.8. The molecule has 0 fully saturated rings. The lowest BCUT2D eigenvalue weighted by atomic mass is 10.1. The zero-order chi connectivity index (χ0) is 22.5. The molecule has 9 nitrogen and oxygen atoms in total. The lowest BCUT2D eigenvalue weighted by Crippen LogP contribution is -2.28. The molecule has 2 aromatic carbocycles. The molecule has 2 heterocycles. The number of ether oxygens (including phenoxy) is 1. The summed E-state index contributed by atoms with van der Waals surface area (Å²) in [7, 11) is 1.59. The molecule has 0 saturated heterocycles. The number of nitrogens with zero attached hydrogens (tertiary/aromatic N) is 5. The van der Waals surface area contributed by atoms with Gasteiger partial charge in [-0.05, 0) is 54.8 Å². The van der Waals surface area contributed by atoms with E-state index in [1.165, 1.54) is 21.1 Å². The molecular formula is C23H24N6O3. The lowest BCUT2D eigenvalue weighted by molar-refractivity contribution is -0.116. The summed E-state index contributed by atoms with van der Waals surface area (Å²) in [5.74, 6) is 0.382. The zero-order valence-corrected chi connectivity index (χ0v) is 18.0. The van der Waals surface area contributed by atoms with Gasteiger partial charge in [-0.25, -0.2) is 4.98 Å². The van der Waals surface area contributed by atoms with Crippen molar-refractivity contribution in [3.63, 3.8) is 0 Å². The third-order valence-corrected chi connectivity index (χ3v) is 5.12. The predicted octanol–water partition coefficient (Wildman–Crippen LogP) is 2.97. The Morgan fingerprint density at radius 1 is 1.09 bits per heavy atom. The summed E-state index contributed by atoms with van der Waals surface area (Å²) < 4.78 is 7.85. The Hall–Kier alpha value is -4.01. The molecule has 164 valence electrons. The third kappa shape index (κ3) is 4.51. The van der Waals surface area contributed by atoms with Crippen LogP contribution >= 0.6 is 0 Å². The molecule has 0 spiro atoms. The Kier molecular flexibility index (Phi) is 6.25. The van der Waals surface area contributed by atoms with Gasteiger partial charge in [0.1, 0.15) is 18.6 Å². The van der Waals surface area contributed by atoms with Crippen molar-refractivity contribution in [2.75, 3.05) is 12.4 Å². The van der Waals surface area contributed by atoms with Gasteiger partial charge in [0.25, 0.3) is 5.56 Å². The highest BCUT2D eigenvalue weighted by Crippen LogP contribution is 2.16. The number of aromatic nitrogens is 5. The van der Waals surface area contributed by atoms with Crippen LogP contribution in [-0.2, 0) is 17.8 Å². The fourth-order valence-electron chi connectivity index (χ4n) is 3.34. The van der Waals surface area contributed by atoms with Crippen molar-refractivity contribution in [2.45, 2.75) is 32.7 Å². The number of nitrogens with one attached hydrogen (secondary N) is 1. The van der Waals surface area contributed by atoms with E-state index in [-0.39, 0.29) is 18.0 Å². The highest BCUT2D eigenvalue weighted by atomic mass is 16.5. The molecule has 1 amide bonds. The Bertz CT molecular complexity index is 1280. The molecule has 0 aliphatic carbocycles. The summed E-state index contributed by atoms with van der Waals surface area (Å²) in [4.78, 5) is 29.6. The molecule has 4 rings (SSSR count). The van der Waals surface area contributed by atoms with Crippen LogP contribution in [0.1, 0.15) is 25.3 Å². The van der Waals surface area contributed by atoms with Crippen LogP contribution in [0.3, 0.4) is 0 Å². The van der Waals surface area contributed by atoms with E-state index in [4.69, 9.17) is 4.74 Å². The van der Waals surface area contributed by atoms with Gasteiger partial charge in [-0.1, -0.05) is 30.7 Å². The number of benzene rings is 2. The molecule has 32 heavy (non-hydrogen) atoms. The van der Waals surface area contributed by atoms with Crippen molar-refractivity contribution < 1.29 is 9.53 Å². The largest absolute Gasteiger partial charge is 0.497 e. The highest BCUT2D eigenvalue weighted by Gasteiger charge is 2.15. The molecule has 0 unspecified atom stereocenters. The second-order valence-electron chi connectivity index (χ2n) is 7.40. The van der Waals surface area contributed by atoms with Gasteiger partial charge >= 0.3 is 0 Å². The molecule has 0 atom stereocenters. The smallest absolute Gasteiger partial charge is 0.284 e. The Balaban J connectivity index is 1.49. The maximum Gasteiger partial charge on any atom is 0.284 e. The van der Waals surface area contributed by atoms with Crippen LogP contribution in [0, 0.1) is 0 Å². The topological polar surface area (TPSA) is 104 Å². The number of aryl methyl sites for hydroxylation is 1. The quantitative estimate of drug-likeness (QED) is 0.459. The molecule has 0 bridgehead atoms. The molecule has 9 heteroatoms. The predicted molar refractivity (Wildman–Crippen MR) is 121 cm³/mol. The van der Waals surface area contributed by atoms with E-state index in [2.05, 4.69) is 27.5 Å². The van der Waals surface area contributed by atoms with E-state index >= 15 is 0 Å². The van der Waals surface area contributed by atoms with Crippen LogP contribution in [0.15, 0.2) is 59.7 Å². The SMILES string of the molecule is CCCCc1ccc(NC(=O)Cn2cnc3c(nnn3-c3ccc(OC)cc3)c2=O)cc1. The van der Waals surface area contributed by atoms with Crippen molar-refractivity contribution in [3.05, 3.63) is 70.8 Å². The molecule has 0 saturated carbocycles. The molecule has 0 aliphatic heterocycles. The number of amides is 1. The lowest BCUT2D eigenvalue weighted by Gasteiger charge is -2.08. The monoisotopic (exact) mass is 432 g/mol. The average molecular weight is 432 g/mol. The minimum Gasteiger partial charge on any atom is -0.497 e. The number of hydrogen-bond donors (Lipinski definition) is 1. The van der Waals surface area contributed by atoms with Crippen LogP contribution in [0.2, 0.25) is 0 Å². The second-order valence-corrected chi connectivity index (χ2v) is 7.40. The number of unbranched alkanes of at least 4 members (excludes halogenated alkanes) is 1.